The molecule has 1 aromatic carbocycles. The summed E-state index contributed by atoms with van der Waals surface area (Å²) in [5, 5.41) is 10.2. The highest BCUT2D eigenvalue weighted by Gasteiger charge is 2.21. The zero-order valence-electron chi connectivity index (χ0n) is 10.1. The predicted molar refractivity (Wildman–Crippen MR) is 69.9 cm³/mol. The van der Waals surface area contributed by atoms with Crippen molar-refractivity contribution in [3.63, 3.8) is 0 Å². The summed E-state index contributed by atoms with van der Waals surface area (Å²) in [6.45, 7) is 3.95. The van der Waals surface area contributed by atoms with Crippen molar-refractivity contribution in [1.29, 1.82) is 0 Å². The fourth-order valence-corrected chi connectivity index (χ4v) is 2.33. The Labute approximate surface area is 106 Å². The molecule has 0 aromatic heterocycles. The second kappa shape index (κ2) is 5.69. The molecule has 90 valence electrons. The number of hydrogen-bond acceptors (Lipinski definition) is 2. The monoisotopic (exact) mass is 286 g/mol. The minimum Gasteiger partial charge on any atom is -0.496 e. The zero-order chi connectivity index (χ0) is 12.2. The Balaban J connectivity index is 2.90. The van der Waals surface area contributed by atoms with Gasteiger partial charge in [-0.25, -0.2) is 0 Å². The van der Waals surface area contributed by atoms with E-state index in [4.69, 9.17) is 4.74 Å². The van der Waals surface area contributed by atoms with Gasteiger partial charge in [-0.1, -0.05) is 29.3 Å². The van der Waals surface area contributed by atoms with Crippen LogP contribution in [0.25, 0.3) is 0 Å². The largest absolute Gasteiger partial charge is 0.496 e. The van der Waals surface area contributed by atoms with Crippen molar-refractivity contribution < 1.29 is 9.84 Å². The van der Waals surface area contributed by atoms with Crippen LogP contribution in [0.3, 0.4) is 0 Å². The van der Waals surface area contributed by atoms with Gasteiger partial charge in [0.05, 0.1) is 12.7 Å². The minimum absolute atomic E-state index is 0.615. The van der Waals surface area contributed by atoms with Gasteiger partial charge in [-0.05, 0) is 37.1 Å². The molecule has 0 saturated heterocycles. The van der Waals surface area contributed by atoms with E-state index in [1.165, 1.54) is 0 Å². The molecule has 1 rings (SSSR count). The van der Waals surface area contributed by atoms with Crippen LogP contribution in [0.15, 0.2) is 22.7 Å². The fourth-order valence-electron chi connectivity index (χ4n) is 1.92. The smallest absolute Gasteiger partial charge is 0.122 e. The quantitative estimate of drug-likeness (QED) is 0.897. The average molecular weight is 287 g/mol. The molecule has 3 heteroatoms. The van der Waals surface area contributed by atoms with E-state index in [-0.39, 0.29) is 0 Å². The molecule has 0 heterocycles. The van der Waals surface area contributed by atoms with Crippen molar-refractivity contribution >= 4 is 15.9 Å². The fraction of sp³-hybridized carbons (Fsp3) is 0.538. The van der Waals surface area contributed by atoms with Crippen LogP contribution >= 0.6 is 15.9 Å². The summed E-state index contributed by atoms with van der Waals surface area (Å²) in [4.78, 5) is 0. The van der Waals surface area contributed by atoms with E-state index in [9.17, 15) is 5.11 Å². The van der Waals surface area contributed by atoms with Crippen LogP contribution in [0.2, 0.25) is 0 Å². The van der Waals surface area contributed by atoms with E-state index < -0.39 is 5.60 Å². The van der Waals surface area contributed by atoms with E-state index in [1.54, 1.807) is 7.11 Å². The number of halogens is 1. The number of rotatable bonds is 5. The van der Waals surface area contributed by atoms with Gasteiger partial charge in [-0.3, -0.25) is 0 Å². The van der Waals surface area contributed by atoms with E-state index in [2.05, 4.69) is 22.9 Å². The minimum atomic E-state index is -0.664. The van der Waals surface area contributed by atoms with Crippen LogP contribution < -0.4 is 4.74 Å². The van der Waals surface area contributed by atoms with Crippen LogP contribution in [0.4, 0.5) is 0 Å². The summed E-state index contributed by atoms with van der Waals surface area (Å²) in [5.41, 5.74) is 0.373. The molecule has 0 radical (unpaired) electrons. The van der Waals surface area contributed by atoms with Gasteiger partial charge in [0.1, 0.15) is 5.75 Å². The van der Waals surface area contributed by atoms with Gasteiger partial charge in [0.25, 0.3) is 0 Å². The molecular formula is C13H19BrO2. The van der Waals surface area contributed by atoms with Crippen molar-refractivity contribution in [1.82, 2.24) is 0 Å². The normalized spacial score (nSPS) is 14.6. The summed E-state index contributed by atoms with van der Waals surface area (Å²) in [6.07, 6.45) is 2.38. The lowest BCUT2D eigenvalue weighted by Gasteiger charge is -2.23. The molecule has 0 spiro atoms. The van der Waals surface area contributed by atoms with E-state index in [0.717, 1.165) is 28.6 Å². The molecule has 0 fully saturated rings. The molecule has 0 aliphatic carbocycles. The second-order valence-electron chi connectivity index (χ2n) is 4.38. The molecule has 1 atom stereocenters. The number of hydrogen-bond donors (Lipinski definition) is 1. The lowest BCUT2D eigenvalue weighted by Crippen LogP contribution is -2.27. The molecule has 1 aromatic rings. The maximum Gasteiger partial charge on any atom is 0.122 e. The molecular weight excluding hydrogens is 268 g/mol. The third kappa shape index (κ3) is 3.80. The standard InChI is InChI=1S/C13H19BrO2/c1-4-7-13(2,15)9-10-8-11(14)5-6-12(10)16-3/h5-6,8,15H,4,7,9H2,1-3H3. The Hall–Kier alpha value is -0.540. The molecule has 1 unspecified atom stereocenters. The Morgan fingerprint density at radius 3 is 2.69 bits per heavy atom. The van der Waals surface area contributed by atoms with Gasteiger partial charge in [0.15, 0.2) is 0 Å². The van der Waals surface area contributed by atoms with Gasteiger partial charge in [-0.15, -0.1) is 0 Å². The highest BCUT2D eigenvalue weighted by molar-refractivity contribution is 9.10. The van der Waals surface area contributed by atoms with Crippen molar-refractivity contribution in [3.8, 4) is 5.75 Å². The highest BCUT2D eigenvalue weighted by Crippen LogP contribution is 2.28. The molecule has 0 aliphatic rings. The Morgan fingerprint density at radius 2 is 2.12 bits per heavy atom. The average Bonchev–Trinajstić information content (AvgIpc) is 2.17. The van der Waals surface area contributed by atoms with E-state index >= 15 is 0 Å². The molecule has 0 saturated carbocycles. The number of aliphatic hydroxyl groups is 1. The topological polar surface area (TPSA) is 29.5 Å². The van der Waals surface area contributed by atoms with Crippen LogP contribution in [0, 0.1) is 0 Å². The summed E-state index contributed by atoms with van der Waals surface area (Å²) in [5.74, 6) is 0.833. The zero-order valence-corrected chi connectivity index (χ0v) is 11.7. The Kier molecular flexibility index (Phi) is 4.81. The lowest BCUT2D eigenvalue weighted by molar-refractivity contribution is 0.0499. The first-order valence-electron chi connectivity index (χ1n) is 5.53. The SMILES string of the molecule is CCCC(C)(O)Cc1cc(Br)ccc1OC. The highest BCUT2D eigenvalue weighted by atomic mass is 79.9. The van der Waals surface area contributed by atoms with Crippen molar-refractivity contribution in [3.05, 3.63) is 28.2 Å². The number of methoxy groups -OCH3 is 1. The predicted octanol–water partition coefficient (Wildman–Crippen LogP) is 3.55. The molecule has 0 aliphatic heterocycles. The third-order valence-corrected chi connectivity index (χ3v) is 3.10. The summed E-state index contributed by atoms with van der Waals surface area (Å²) >= 11 is 3.43. The van der Waals surface area contributed by atoms with Crippen LogP contribution in [0.5, 0.6) is 5.75 Å². The van der Waals surface area contributed by atoms with Crippen molar-refractivity contribution in [2.45, 2.75) is 38.7 Å². The summed E-state index contributed by atoms with van der Waals surface area (Å²) < 4.78 is 6.30. The molecule has 0 amide bonds. The molecule has 2 nitrogen and oxygen atoms in total. The van der Waals surface area contributed by atoms with Crippen LogP contribution in [0.1, 0.15) is 32.3 Å². The van der Waals surface area contributed by atoms with Crippen LogP contribution in [-0.2, 0) is 6.42 Å². The van der Waals surface area contributed by atoms with Crippen molar-refractivity contribution in [2.75, 3.05) is 7.11 Å². The van der Waals surface area contributed by atoms with Gasteiger partial charge < -0.3 is 9.84 Å². The van der Waals surface area contributed by atoms with Gasteiger partial charge in [0.2, 0.25) is 0 Å². The molecule has 0 bridgehead atoms. The second-order valence-corrected chi connectivity index (χ2v) is 5.30. The Bertz CT molecular complexity index is 348. The maximum absolute atomic E-state index is 10.2. The van der Waals surface area contributed by atoms with E-state index in [1.807, 2.05) is 25.1 Å². The number of benzene rings is 1. The van der Waals surface area contributed by atoms with Crippen molar-refractivity contribution in [2.24, 2.45) is 0 Å². The number of ether oxygens (including phenoxy) is 1. The van der Waals surface area contributed by atoms with Crippen LogP contribution in [-0.4, -0.2) is 17.8 Å². The first-order valence-corrected chi connectivity index (χ1v) is 6.32. The lowest BCUT2D eigenvalue weighted by atomic mass is 9.92. The summed E-state index contributed by atoms with van der Waals surface area (Å²) in [6, 6.07) is 5.86. The molecule has 16 heavy (non-hydrogen) atoms. The van der Waals surface area contributed by atoms with Gasteiger partial charge in [0, 0.05) is 10.9 Å². The van der Waals surface area contributed by atoms with Gasteiger partial charge in [-0.2, -0.15) is 0 Å². The maximum atomic E-state index is 10.2. The third-order valence-electron chi connectivity index (χ3n) is 2.60. The first-order chi connectivity index (χ1) is 7.48. The first kappa shape index (κ1) is 13.5. The molecule has 1 N–H and O–H groups in total. The van der Waals surface area contributed by atoms with E-state index in [0.29, 0.717) is 6.42 Å². The summed E-state index contributed by atoms with van der Waals surface area (Å²) in [7, 11) is 1.65. The Morgan fingerprint density at radius 1 is 1.44 bits per heavy atom. The van der Waals surface area contributed by atoms with Gasteiger partial charge >= 0.3 is 0 Å².